The topological polar surface area (TPSA) is 73.1 Å². The Labute approximate surface area is 71.2 Å². The largest absolute Gasteiger partial charge is 0.481 e. The maximum absolute atomic E-state index is 10.9. The maximum atomic E-state index is 10.9. The number of carboxylic acids is 1. The minimum Gasteiger partial charge on any atom is -0.481 e. The van der Waals surface area contributed by atoms with Gasteiger partial charge in [0.05, 0.1) is 5.41 Å². The highest BCUT2D eigenvalue weighted by Gasteiger charge is 2.40. The van der Waals surface area contributed by atoms with Gasteiger partial charge < -0.3 is 10.4 Å². The van der Waals surface area contributed by atoms with Crippen LogP contribution in [0.5, 0.6) is 0 Å². The molecule has 0 atom stereocenters. The number of nitrogens with zero attached hydrogens (tertiary/aromatic N) is 1. The molecule has 1 saturated carbocycles. The van der Waals surface area contributed by atoms with Gasteiger partial charge in [-0.2, -0.15) is 5.26 Å². The third-order valence-corrected chi connectivity index (χ3v) is 2.52. The van der Waals surface area contributed by atoms with E-state index in [-0.39, 0.29) is 6.54 Å². The Hall–Kier alpha value is -1.24. The van der Waals surface area contributed by atoms with Crippen LogP contribution in [0.15, 0.2) is 0 Å². The van der Waals surface area contributed by atoms with E-state index in [0.29, 0.717) is 12.8 Å². The van der Waals surface area contributed by atoms with Crippen molar-refractivity contribution < 1.29 is 9.90 Å². The van der Waals surface area contributed by atoms with Gasteiger partial charge in [0.2, 0.25) is 0 Å². The lowest BCUT2D eigenvalue weighted by Crippen LogP contribution is -2.37. The molecule has 0 aromatic carbocycles. The van der Waals surface area contributed by atoms with Crippen molar-refractivity contribution in [2.24, 2.45) is 5.41 Å². The summed E-state index contributed by atoms with van der Waals surface area (Å²) in [7, 11) is 0. The van der Waals surface area contributed by atoms with Crippen LogP contribution in [-0.4, -0.2) is 17.6 Å². The van der Waals surface area contributed by atoms with Crippen molar-refractivity contribution in [3.63, 3.8) is 0 Å². The number of carboxylic acid groups (broad SMARTS) is 1. The van der Waals surface area contributed by atoms with Crippen LogP contribution < -0.4 is 5.32 Å². The minimum atomic E-state index is -0.775. The van der Waals surface area contributed by atoms with Gasteiger partial charge in [-0.15, -0.1) is 0 Å². The second-order valence-corrected chi connectivity index (χ2v) is 3.26. The Balaban J connectivity index is 2.60. The molecule has 0 aliphatic heterocycles. The first kappa shape index (κ1) is 8.85. The van der Waals surface area contributed by atoms with Crippen LogP contribution in [0.2, 0.25) is 0 Å². The number of carbonyl (C=O) groups is 1. The number of rotatable bonds is 3. The van der Waals surface area contributed by atoms with Crippen LogP contribution >= 0.6 is 0 Å². The highest BCUT2D eigenvalue weighted by Crippen LogP contribution is 2.37. The van der Waals surface area contributed by atoms with Crippen molar-refractivity contribution >= 4 is 5.97 Å². The van der Waals surface area contributed by atoms with Gasteiger partial charge in [0.15, 0.2) is 6.19 Å². The van der Waals surface area contributed by atoms with E-state index in [0.717, 1.165) is 12.8 Å². The highest BCUT2D eigenvalue weighted by molar-refractivity contribution is 5.75. The van der Waals surface area contributed by atoms with E-state index in [1.807, 2.05) is 0 Å². The summed E-state index contributed by atoms with van der Waals surface area (Å²) in [6, 6.07) is 0. The first-order chi connectivity index (χ1) is 5.71. The minimum absolute atomic E-state index is 0.277. The highest BCUT2D eigenvalue weighted by atomic mass is 16.4. The number of hydrogen-bond donors (Lipinski definition) is 2. The fourth-order valence-corrected chi connectivity index (χ4v) is 1.73. The van der Waals surface area contributed by atoms with E-state index in [4.69, 9.17) is 10.4 Å². The van der Waals surface area contributed by atoms with Crippen molar-refractivity contribution in [1.82, 2.24) is 5.32 Å². The summed E-state index contributed by atoms with van der Waals surface area (Å²) in [5, 5.41) is 19.6. The maximum Gasteiger partial charge on any atom is 0.311 e. The molecule has 1 fully saturated rings. The fraction of sp³-hybridized carbons (Fsp3) is 0.750. The van der Waals surface area contributed by atoms with Crippen LogP contribution in [-0.2, 0) is 4.79 Å². The lowest BCUT2D eigenvalue weighted by Gasteiger charge is -2.21. The third kappa shape index (κ3) is 1.50. The van der Waals surface area contributed by atoms with Crippen molar-refractivity contribution in [1.29, 1.82) is 5.26 Å². The van der Waals surface area contributed by atoms with Crippen LogP contribution in [0.25, 0.3) is 0 Å². The summed E-state index contributed by atoms with van der Waals surface area (Å²) in [6.45, 7) is 0.277. The Morgan fingerprint density at radius 3 is 2.58 bits per heavy atom. The number of nitriles is 1. The lowest BCUT2D eigenvalue weighted by molar-refractivity contribution is -0.148. The Kier molecular flexibility index (Phi) is 2.54. The Morgan fingerprint density at radius 1 is 1.58 bits per heavy atom. The average molecular weight is 168 g/mol. The molecule has 4 nitrogen and oxygen atoms in total. The monoisotopic (exact) mass is 168 g/mol. The zero-order valence-electron chi connectivity index (χ0n) is 6.84. The average Bonchev–Trinajstić information content (AvgIpc) is 2.50. The van der Waals surface area contributed by atoms with E-state index in [1.54, 1.807) is 6.19 Å². The SMILES string of the molecule is N#CNCC1(C(=O)O)CCCC1. The fourth-order valence-electron chi connectivity index (χ4n) is 1.73. The lowest BCUT2D eigenvalue weighted by atomic mass is 9.86. The van der Waals surface area contributed by atoms with Gasteiger partial charge >= 0.3 is 5.97 Å². The molecule has 1 rings (SSSR count). The molecule has 0 bridgehead atoms. The Morgan fingerprint density at radius 2 is 2.17 bits per heavy atom. The van der Waals surface area contributed by atoms with Crippen molar-refractivity contribution in [3.8, 4) is 6.19 Å². The van der Waals surface area contributed by atoms with E-state index < -0.39 is 11.4 Å². The molecule has 4 heteroatoms. The van der Waals surface area contributed by atoms with Gasteiger partial charge in [0, 0.05) is 6.54 Å². The second-order valence-electron chi connectivity index (χ2n) is 3.26. The van der Waals surface area contributed by atoms with Gasteiger partial charge in [0.25, 0.3) is 0 Å². The summed E-state index contributed by atoms with van der Waals surface area (Å²) in [4.78, 5) is 10.9. The third-order valence-electron chi connectivity index (χ3n) is 2.52. The second kappa shape index (κ2) is 3.44. The van der Waals surface area contributed by atoms with Crippen LogP contribution in [0.4, 0.5) is 0 Å². The zero-order chi connectivity index (χ0) is 9.03. The van der Waals surface area contributed by atoms with E-state index in [1.165, 1.54) is 0 Å². The normalized spacial score (nSPS) is 19.9. The van der Waals surface area contributed by atoms with Crippen molar-refractivity contribution in [3.05, 3.63) is 0 Å². The number of hydrogen-bond acceptors (Lipinski definition) is 3. The quantitative estimate of drug-likeness (QED) is 0.480. The Bertz CT molecular complexity index is 214. The smallest absolute Gasteiger partial charge is 0.311 e. The molecule has 1 aliphatic rings. The molecule has 0 spiro atoms. The molecule has 0 aromatic heterocycles. The molecule has 0 radical (unpaired) electrons. The summed E-state index contributed by atoms with van der Waals surface area (Å²) < 4.78 is 0. The molecule has 2 N–H and O–H groups in total. The standard InChI is InChI=1S/C8H12N2O2/c9-6-10-5-8(7(11)12)3-1-2-4-8/h10H,1-5H2,(H,11,12). The van der Waals surface area contributed by atoms with Gasteiger partial charge in [0.1, 0.15) is 0 Å². The molecule has 0 amide bonds. The molecule has 12 heavy (non-hydrogen) atoms. The molecule has 0 heterocycles. The van der Waals surface area contributed by atoms with Crippen molar-refractivity contribution in [2.75, 3.05) is 6.54 Å². The summed E-state index contributed by atoms with van der Waals surface area (Å²) >= 11 is 0. The van der Waals surface area contributed by atoms with E-state index in [2.05, 4.69) is 5.32 Å². The van der Waals surface area contributed by atoms with Gasteiger partial charge in [-0.1, -0.05) is 12.8 Å². The zero-order valence-corrected chi connectivity index (χ0v) is 6.84. The van der Waals surface area contributed by atoms with Crippen LogP contribution in [0.1, 0.15) is 25.7 Å². The van der Waals surface area contributed by atoms with Gasteiger partial charge in [-0.25, -0.2) is 0 Å². The van der Waals surface area contributed by atoms with Crippen LogP contribution in [0.3, 0.4) is 0 Å². The van der Waals surface area contributed by atoms with Crippen LogP contribution in [0, 0.1) is 16.9 Å². The summed E-state index contributed by atoms with van der Waals surface area (Å²) in [5.41, 5.74) is -0.671. The predicted molar refractivity (Wildman–Crippen MR) is 42.2 cm³/mol. The molecule has 66 valence electrons. The summed E-state index contributed by atoms with van der Waals surface area (Å²) in [6.07, 6.45) is 5.06. The molecular formula is C8H12N2O2. The summed E-state index contributed by atoms with van der Waals surface area (Å²) in [5.74, 6) is -0.775. The first-order valence-corrected chi connectivity index (χ1v) is 4.07. The number of nitrogens with one attached hydrogen (secondary N) is 1. The molecule has 1 aliphatic carbocycles. The predicted octanol–water partition coefficient (Wildman–Crippen LogP) is 0.702. The van der Waals surface area contributed by atoms with Gasteiger partial charge in [-0.3, -0.25) is 4.79 Å². The molecule has 0 unspecified atom stereocenters. The molecular weight excluding hydrogens is 156 g/mol. The van der Waals surface area contributed by atoms with Crippen molar-refractivity contribution in [2.45, 2.75) is 25.7 Å². The molecule has 0 aromatic rings. The number of aliphatic carboxylic acids is 1. The first-order valence-electron chi connectivity index (χ1n) is 4.07. The van der Waals surface area contributed by atoms with E-state index >= 15 is 0 Å². The van der Waals surface area contributed by atoms with E-state index in [9.17, 15) is 4.79 Å². The molecule has 0 saturated heterocycles. The van der Waals surface area contributed by atoms with Gasteiger partial charge in [-0.05, 0) is 12.8 Å².